The number of fused-ring (bicyclic) bond motifs is 1. The van der Waals surface area contributed by atoms with Crippen molar-refractivity contribution in [3.05, 3.63) is 17.0 Å². The number of nitrogens with one attached hydrogen (secondary N) is 2. The van der Waals surface area contributed by atoms with E-state index in [1.165, 1.54) is 19.3 Å². The van der Waals surface area contributed by atoms with Gasteiger partial charge in [-0.15, -0.1) is 0 Å². The summed E-state index contributed by atoms with van der Waals surface area (Å²) in [4.78, 5) is 12.6. The number of rotatable bonds is 4. The Morgan fingerprint density at radius 3 is 2.81 bits per heavy atom. The van der Waals surface area contributed by atoms with Gasteiger partial charge in [0.1, 0.15) is 0 Å². The van der Waals surface area contributed by atoms with Crippen LogP contribution in [0.1, 0.15) is 67.2 Å². The molecule has 1 amide bonds. The first-order valence-electron chi connectivity index (χ1n) is 8.13. The number of carbonyl (C=O) groups excluding carboxylic acids is 1. The van der Waals surface area contributed by atoms with Crippen LogP contribution in [0.2, 0.25) is 0 Å². The van der Waals surface area contributed by atoms with Crippen LogP contribution >= 0.6 is 0 Å². The van der Waals surface area contributed by atoms with Crippen LogP contribution in [0.5, 0.6) is 0 Å². The molecule has 0 unspecified atom stereocenters. The van der Waals surface area contributed by atoms with Gasteiger partial charge in [-0.05, 0) is 44.9 Å². The molecule has 5 heteroatoms. The molecule has 0 bridgehead atoms. The van der Waals surface area contributed by atoms with E-state index in [4.69, 9.17) is 0 Å². The zero-order chi connectivity index (χ0) is 14.9. The first-order chi connectivity index (χ1) is 10.1. The second-order valence-corrected chi connectivity index (χ2v) is 6.75. The van der Waals surface area contributed by atoms with E-state index >= 15 is 0 Å². The van der Waals surface area contributed by atoms with Crippen molar-refractivity contribution >= 4 is 5.91 Å². The molecular weight excluding hydrogens is 266 g/mol. The van der Waals surface area contributed by atoms with Crippen LogP contribution < -0.4 is 5.32 Å². The average Bonchev–Trinajstić information content (AvgIpc) is 3.10. The Morgan fingerprint density at radius 2 is 2.10 bits per heavy atom. The SMILES string of the molecule is C[C@](CO)(NC(=O)c1n[nH]c2c1CCC2)C1CCCCC1. The van der Waals surface area contributed by atoms with Gasteiger partial charge in [0.25, 0.3) is 5.91 Å². The largest absolute Gasteiger partial charge is 0.394 e. The van der Waals surface area contributed by atoms with Crippen molar-refractivity contribution in [2.45, 2.75) is 63.8 Å². The molecule has 1 fully saturated rings. The fourth-order valence-electron chi connectivity index (χ4n) is 3.84. The molecule has 5 nitrogen and oxygen atoms in total. The number of aliphatic hydroxyl groups excluding tert-OH is 1. The van der Waals surface area contributed by atoms with E-state index in [2.05, 4.69) is 15.5 Å². The lowest BCUT2D eigenvalue weighted by molar-refractivity contribution is 0.0675. The Labute approximate surface area is 125 Å². The molecule has 0 spiro atoms. The number of aliphatic hydroxyl groups is 1. The van der Waals surface area contributed by atoms with Crippen molar-refractivity contribution in [1.29, 1.82) is 0 Å². The first kappa shape index (κ1) is 14.6. The van der Waals surface area contributed by atoms with Crippen molar-refractivity contribution in [2.24, 2.45) is 5.92 Å². The number of aromatic nitrogens is 2. The van der Waals surface area contributed by atoms with Crippen molar-refractivity contribution in [1.82, 2.24) is 15.5 Å². The van der Waals surface area contributed by atoms with Gasteiger partial charge in [-0.25, -0.2) is 0 Å². The van der Waals surface area contributed by atoms with Gasteiger partial charge in [-0.2, -0.15) is 5.10 Å². The van der Waals surface area contributed by atoms with Gasteiger partial charge in [0.15, 0.2) is 5.69 Å². The predicted octanol–water partition coefficient (Wildman–Crippen LogP) is 1.96. The van der Waals surface area contributed by atoms with Gasteiger partial charge in [-0.1, -0.05) is 19.3 Å². The zero-order valence-electron chi connectivity index (χ0n) is 12.7. The number of H-pyrrole nitrogens is 1. The number of hydrogen-bond acceptors (Lipinski definition) is 3. The minimum Gasteiger partial charge on any atom is -0.394 e. The number of carbonyl (C=O) groups is 1. The third-order valence-corrected chi connectivity index (χ3v) is 5.26. The Balaban J connectivity index is 1.75. The summed E-state index contributed by atoms with van der Waals surface area (Å²) in [7, 11) is 0. The van der Waals surface area contributed by atoms with Gasteiger partial charge in [0.05, 0.1) is 12.1 Å². The van der Waals surface area contributed by atoms with Crippen LogP contribution in [0.15, 0.2) is 0 Å². The fraction of sp³-hybridized carbons (Fsp3) is 0.750. The third kappa shape index (κ3) is 2.71. The van der Waals surface area contributed by atoms with E-state index in [0.29, 0.717) is 11.6 Å². The van der Waals surface area contributed by atoms with Crippen LogP contribution in [0.25, 0.3) is 0 Å². The van der Waals surface area contributed by atoms with Crippen LogP contribution in [0.3, 0.4) is 0 Å². The third-order valence-electron chi connectivity index (χ3n) is 5.26. The van der Waals surface area contributed by atoms with Crippen molar-refractivity contribution in [3.8, 4) is 0 Å². The maximum Gasteiger partial charge on any atom is 0.272 e. The van der Waals surface area contributed by atoms with Crippen molar-refractivity contribution in [2.75, 3.05) is 6.61 Å². The summed E-state index contributed by atoms with van der Waals surface area (Å²) in [6.45, 7) is 1.95. The van der Waals surface area contributed by atoms with E-state index in [1.807, 2.05) is 6.92 Å². The molecular formula is C16H25N3O2. The molecule has 1 atom stereocenters. The van der Waals surface area contributed by atoms with Gasteiger partial charge in [0, 0.05) is 11.3 Å². The maximum absolute atomic E-state index is 12.6. The van der Waals surface area contributed by atoms with Crippen LogP contribution in [0, 0.1) is 5.92 Å². The molecule has 2 aliphatic rings. The highest BCUT2D eigenvalue weighted by Crippen LogP contribution is 2.33. The monoisotopic (exact) mass is 291 g/mol. The molecule has 0 aliphatic heterocycles. The van der Waals surface area contributed by atoms with Crippen LogP contribution in [-0.4, -0.2) is 33.4 Å². The molecule has 2 aliphatic carbocycles. The highest BCUT2D eigenvalue weighted by atomic mass is 16.3. The summed E-state index contributed by atoms with van der Waals surface area (Å²) >= 11 is 0. The summed E-state index contributed by atoms with van der Waals surface area (Å²) in [6.07, 6.45) is 8.79. The maximum atomic E-state index is 12.6. The van der Waals surface area contributed by atoms with E-state index in [-0.39, 0.29) is 12.5 Å². The van der Waals surface area contributed by atoms with E-state index in [1.54, 1.807) is 0 Å². The summed E-state index contributed by atoms with van der Waals surface area (Å²) in [6, 6.07) is 0. The Kier molecular flexibility index (Phi) is 4.02. The second-order valence-electron chi connectivity index (χ2n) is 6.75. The van der Waals surface area contributed by atoms with Gasteiger partial charge in [-0.3, -0.25) is 9.89 Å². The molecule has 0 saturated heterocycles. The van der Waals surface area contributed by atoms with Crippen molar-refractivity contribution in [3.63, 3.8) is 0 Å². The minimum atomic E-state index is -0.540. The summed E-state index contributed by atoms with van der Waals surface area (Å²) in [5.74, 6) is 0.212. The zero-order valence-corrected chi connectivity index (χ0v) is 12.7. The Hall–Kier alpha value is -1.36. The second kappa shape index (κ2) is 5.79. The molecule has 1 saturated carbocycles. The standard InChI is InChI=1S/C16H25N3O2/c1-16(10-20,11-6-3-2-4-7-11)17-15(21)14-12-8-5-9-13(12)18-19-14/h11,20H,2-10H2,1H3,(H,17,21)(H,18,19)/t16-/m1/s1. The normalized spacial score (nSPS) is 21.8. The van der Waals surface area contributed by atoms with Crippen LogP contribution in [0.4, 0.5) is 0 Å². The first-order valence-corrected chi connectivity index (χ1v) is 8.13. The van der Waals surface area contributed by atoms with E-state index in [0.717, 1.165) is 43.4 Å². The average molecular weight is 291 g/mol. The number of aryl methyl sites for hydroxylation is 1. The lowest BCUT2D eigenvalue weighted by atomic mass is 9.76. The minimum absolute atomic E-state index is 0.0178. The lowest BCUT2D eigenvalue weighted by Crippen LogP contribution is -2.55. The number of nitrogens with zero attached hydrogens (tertiary/aromatic N) is 1. The number of amides is 1. The topological polar surface area (TPSA) is 78.0 Å². The number of hydrogen-bond donors (Lipinski definition) is 3. The van der Waals surface area contributed by atoms with Crippen molar-refractivity contribution < 1.29 is 9.90 Å². The Morgan fingerprint density at radius 1 is 1.33 bits per heavy atom. The molecule has 0 radical (unpaired) electrons. The van der Waals surface area contributed by atoms with Gasteiger partial charge in [0.2, 0.25) is 0 Å². The summed E-state index contributed by atoms with van der Waals surface area (Å²) in [5.41, 5.74) is 2.15. The molecule has 0 aromatic carbocycles. The summed E-state index contributed by atoms with van der Waals surface area (Å²) in [5, 5.41) is 20.1. The van der Waals surface area contributed by atoms with E-state index < -0.39 is 5.54 Å². The molecule has 3 rings (SSSR count). The highest BCUT2D eigenvalue weighted by Gasteiger charge is 2.37. The van der Waals surface area contributed by atoms with Gasteiger partial charge >= 0.3 is 0 Å². The smallest absolute Gasteiger partial charge is 0.272 e. The molecule has 21 heavy (non-hydrogen) atoms. The lowest BCUT2D eigenvalue weighted by Gasteiger charge is -2.39. The van der Waals surface area contributed by atoms with Crippen LogP contribution in [-0.2, 0) is 12.8 Å². The van der Waals surface area contributed by atoms with E-state index in [9.17, 15) is 9.90 Å². The number of aromatic amines is 1. The highest BCUT2D eigenvalue weighted by molar-refractivity contribution is 5.94. The molecule has 3 N–H and O–H groups in total. The molecule has 1 heterocycles. The molecule has 1 aromatic rings. The molecule has 116 valence electrons. The quantitative estimate of drug-likeness (QED) is 0.793. The Bertz CT molecular complexity index is 520. The summed E-state index contributed by atoms with van der Waals surface area (Å²) < 4.78 is 0. The van der Waals surface area contributed by atoms with Gasteiger partial charge < -0.3 is 10.4 Å². The fourth-order valence-corrected chi connectivity index (χ4v) is 3.84. The predicted molar refractivity (Wildman–Crippen MR) is 80.1 cm³/mol. The molecule has 1 aromatic heterocycles.